The molecule has 1 aliphatic carbocycles. The summed E-state index contributed by atoms with van der Waals surface area (Å²) >= 11 is 0. The molecule has 0 aliphatic heterocycles. The van der Waals surface area contributed by atoms with Gasteiger partial charge in [-0.25, -0.2) is 0 Å². The van der Waals surface area contributed by atoms with Gasteiger partial charge in [-0.3, -0.25) is 9.59 Å². The maximum Gasteiger partial charge on any atom is 0.253 e. The van der Waals surface area contributed by atoms with Crippen molar-refractivity contribution in [3.63, 3.8) is 0 Å². The van der Waals surface area contributed by atoms with Gasteiger partial charge < -0.3 is 15.2 Å². The highest BCUT2D eigenvalue weighted by Gasteiger charge is 2.22. The summed E-state index contributed by atoms with van der Waals surface area (Å²) in [5, 5.41) is 5.55. The first kappa shape index (κ1) is 16.6. The van der Waals surface area contributed by atoms with Gasteiger partial charge in [0.1, 0.15) is 0 Å². The van der Waals surface area contributed by atoms with Gasteiger partial charge in [-0.2, -0.15) is 0 Å². The van der Waals surface area contributed by atoms with E-state index in [9.17, 15) is 9.59 Å². The number of hydrogen-bond acceptors (Lipinski definition) is 2. The number of hydrogen-bond donors (Lipinski definition) is 2. The van der Waals surface area contributed by atoms with Crippen LogP contribution in [-0.2, 0) is 4.79 Å². The fourth-order valence-corrected chi connectivity index (χ4v) is 3.42. The highest BCUT2D eigenvalue weighted by atomic mass is 16.2. The van der Waals surface area contributed by atoms with E-state index in [1.807, 2.05) is 13.0 Å². The van der Waals surface area contributed by atoms with Crippen LogP contribution in [0.1, 0.15) is 66.8 Å². The first-order valence-electron chi connectivity index (χ1n) is 8.21. The van der Waals surface area contributed by atoms with Crippen LogP contribution in [0, 0.1) is 13.8 Å². The molecule has 2 rings (SSSR count). The lowest BCUT2D eigenvalue weighted by Gasteiger charge is -2.26. The second kappa shape index (κ2) is 7.47. The zero-order chi connectivity index (χ0) is 16.1. The zero-order valence-corrected chi connectivity index (χ0v) is 13.9. The van der Waals surface area contributed by atoms with E-state index in [-0.39, 0.29) is 11.8 Å². The summed E-state index contributed by atoms with van der Waals surface area (Å²) in [7, 11) is 0. The van der Waals surface area contributed by atoms with E-state index in [0.717, 1.165) is 17.0 Å². The molecule has 1 fully saturated rings. The van der Waals surface area contributed by atoms with E-state index in [2.05, 4.69) is 22.1 Å². The number of carbonyl (C=O) groups is 2. The molecule has 1 saturated carbocycles. The highest BCUT2D eigenvalue weighted by Crippen LogP contribution is 2.32. The Kier molecular flexibility index (Phi) is 5.63. The minimum Gasteiger partial charge on any atom is -0.355 e. The average molecular weight is 305 g/mol. The lowest BCUT2D eigenvalue weighted by molar-refractivity contribution is -0.118. The molecular weight excluding hydrogens is 278 g/mol. The Morgan fingerprint density at radius 2 is 1.77 bits per heavy atom. The fraction of sp³-hybridized carbons (Fsp3) is 0.647. The molecule has 5 nitrogen and oxygen atoms in total. The van der Waals surface area contributed by atoms with Crippen molar-refractivity contribution < 1.29 is 9.59 Å². The Balaban J connectivity index is 2.02. The minimum absolute atomic E-state index is 0.0551. The van der Waals surface area contributed by atoms with E-state index in [4.69, 9.17) is 0 Å². The van der Waals surface area contributed by atoms with Gasteiger partial charge in [0.15, 0.2) is 0 Å². The van der Waals surface area contributed by atoms with Gasteiger partial charge in [0.05, 0.1) is 5.56 Å². The van der Waals surface area contributed by atoms with Crippen LogP contribution in [0.2, 0.25) is 0 Å². The lowest BCUT2D eigenvalue weighted by atomic mass is 9.95. The van der Waals surface area contributed by atoms with Gasteiger partial charge in [-0.1, -0.05) is 19.3 Å². The third-order valence-corrected chi connectivity index (χ3v) is 4.45. The SMILES string of the molecule is CC(=O)NCCNC(=O)c1cc(C)n(C2CCCCC2)c1C. The van der Waals surface area contributed by atoms with Gasteiger partial charge in [-0.15, -0.1) is 0 Å². The Bertz CT molecular complexity index is 542. The first-order valence-corrected chi connectivity index (χ1v) is 8.21. The summed E-state index contributed by atoms with van der Waals surface area (Å²) in [6.07, 6.45) is 6.30. The van der Waals surface area contributed by atoms with Crippen molar-refractivity contribution in [3.8, 4) is 0 Å². The number of amides is 2. The van der Waals surface area contributed by atoms with E-state index < -0.39 is 0 Å². The molecule has 2 amide bonds. The molecule has 1 aromatic heterocycles. The van der Waals surface area contributed by atoms with Gasteiger partial charge >= 0.3 is 0 Å². The first-order chi connectivity index (χ1) is 10.5. The van der Waals surface area contributed by atoms with Crippen LogP contribution in [0.15, 0.2) is 6.07 Å². The van der Waals surface area contributed by atoms with Crippen molar-refractivity contribution in [1.29, 1.82) is 0 Å². The largest absolute Gasteiger partial charge is 0.355 e. The van der Waals surface area contributed by atoms with Crippen LogP contribution in [0.4, 0.5) is 0 Å². The molecule has 5 heteroatoms. The van der Waals surface area contributed by atoms with Gasteiger partial charge in [0.2, 0.25) is 5.91 Å². The standard InChI is InChI=1S/C17H27N3O2/c1-12-11-16(17(22)19-10-9-18-14(3)21)13(2)20(12)15-7-5-4-6-8-15/h11,15H,4-10H2,1-3H3,(H,18,21)(H,19,22). The smallest absolute Gasteiger partial charge is 0.253 e. The van der Waals surface area contributed by atoms with Crippen molar-refractivity contribution in [2.24, 2.45) is 0 Å². The molecule has 0 aromatic carbocycles. The quantitative estimate of drug-likeness (QED) is 0.821. The molecule has 1 aliphatic rings. The number of aromatic nitrogens is 1. The second-order valence-corrected chi connectivity index (χ2v) is 6.19. The fourth-order valence-electron chi connectivity index (χ4n) is 3.42. The van der Waals surface area contributed by atoms with Gasteiger partial charge in [-0.05, 0) is 32.8 Å². The molecule has 22 heavy (non-hydrogen) atoms. The number of nitrogens with one attached hydrogen (secondary N) is 2. The Morgan fingerprint density at radius 1 is 1.14 bits per heavy atom. The van der Waals surface area contributed by atoms with Crippen LogP contribution in [-0.4, -0.2) is 29.5 Å². The van der Waals surface area contributed by atoms with Crippen molar-refractivity contribution in [1.82, 2.24) is 15.2 Å². The molecule has 1 aromatic rings. The Hall–Kier alpha value is -1.78. The van der Waals surface area contributed by atoms with Crippen molar-refractivity contribution in [3.05, 3.63) is 23.0 Å². The predicted molar refractivity (Wildman–Crippen MR) is 87.0 cm³/mol. The molecule has 122 valence electrons. The van der Waals surface area contributed by atoms with Crippen LogP contribution < -0.4 is 10.6 Å². The minimum atomic E-state index is -0.0790. The summed E-state index contributed by atoms with van der Waals surface area (Å²) in [5.41, 5.74) is 2.98. The van der Waals surface area contributed by atoms with E-state index in [1.165, 1.54) is 39.0 Å². The van der Waals surface area contributed by atoms with E-state index >= 15 is 0 Å². The van der Waals surface area contributed by atoms with Gasteiger partial charge in [0.25, 0.3) is 5.91 Å². The Labute approximate surface area is 132 Å². The molecule has 0 saturated heterocycles. The maximum absolute atomic E-state index is 12.3. The van der Waals surface area contributed by atoms with Crippen molar-refractivity contribution in [2.75, 3.05) is 13.1 Å². The summed E-state index contributed by atoms with van der Waals surface area (Å²) in [6.45, 7) is 6.49. The number of aryl methyl sites for hydroxylation is 1. The van der Waals surface area contributed by atoms with Crippen molar-refractivity contribution >= 4 is 11.8 Å². The summed E-state index contributed by atoms with van der Waals surface area (Å²) < 4.78 is 2.34. The second-order valence-electron chi connectivity index (χ2n) is 6.19. The molecular formula is C17H27N3O2. The molecule has 1 heterocycles. The highest BCUT2D eigenvalue weighted by molar-refractivity contribution is 5.95. The van der Waals surface area contributed by atoms with Crippen LogP contribution in [0.5, 0.6) is 0 Å². The maximum atomic E-state index is 12.3. The number of rotatable bonds is 5. The summed E-state index contributed by atoms with van der Waals surface area (Å²) in [4.78, 5) is 23.1. The van der Waals surface area contributed by atoms with Crippen LogP contribution in [0.3, 0.4) is 0 Å². The molecule has 0 bridgehead atoms. The molecule has 2 N–H and O–H groups in total. The molecule has 0 radical (unpaired) electrons. The lowest BCUT2D eigenvalue weighted by Crippen LogP contribution is -2.33. The Morgan fingerprint density at radius 3 is 2.41 bits per heavy atom. The normalized spacial score (nSPS) is 15.6. The molecule has 0 atom stereocenters. The van der Waals surface area contributed by atoms with E-state index in [0.29, 0.717) is 19.1 Å². The topological polar surface area (TPSA) is 63.1 Å². The van der Waals surface area contributed by atoms with Crippen molar-refractivity contribution in [2.45, 2.75) is 58.9 Å². The summed E-state index contributed by atoms with van der Waals surface area (Å²) in [6, 6.07) is 2.52. The third kappa shape index (κ3) is 3.90. The number of carbonyl (C=O) groups excluding carboxylic acids is 2. The summed E-state index contributed by atoms with van der Waals surface area (Å²) in [5.74, 6) is -0.134. The zero-order valence-electron chi connectivity index (χ0n) is 13.9. The van der Waals surface area contributed by atoms with Gasteiger partial charge in [0, 0.05) is 37.4 Å². The van der Waals surface area contributed by atoms with Crippen LogP contribution >= 0.6 is 0 Å². The van der Waals surface area contributed by atoms with Crippen LogP contribution in [0.25, 0.3) is 0 Å². The average Bonchev–Trinajstić information content (AvgIpc) is 2.79. The monoisotopic (exact) mass is 305 g/mol. The molecule has 0 spiro atoms. The number of nitrogens with zero attached hydrogens (tertiary/aromatic N) is 1. The van der Waals surface area contributed by atoms with E-state index in [1.54, 1.807) is 0 Å². The predicted octanol–water partition coefficient (Wildman–Crippen LogP) is 2.48. The molecule has 0 unspecified atom stereocenters. The third-order valence-electron chi connectivity index (χ3n) is 4.45.